The van der Waals surface area contributed by atoms with E-state index in [0.29, 0.717) is 13.0 Å². The summed E-state index contributed by atoms with van der Waals surface area (Å²) in [5, 5.41) is 13.1. The Hall–Kier alpha value is -0.320. The van der Waals surface area contributed by atoms with Gasteiger partial charge in [0.15, 0.2) is 0 Å². The third kappa shape index (κ3) is 4.62. The number of aliphatic hydroxyl groups excluding tert-OH is 1. The van der Waals surface area contributed by atoms with Gasteiger partial charge in [0.05, 0.1) is 11.6 Å². The molecule has 0 aromatic carbocycles. The topological polar surface area (TPSA) is 75.4 Å². The second-order valence-corrected chi connectivity index (χ2v) is 6.40. The summed E-state index contributed by atoms with van der Waals surface area (Å²) >= 11 is 0. The summed E-state index contributed by atoms with van der Waals surface area (Å²) in [4.78, 5) is 12.0. The highest BCUT2D eigenvalue weighted by Crippen LogP contribution is 2.50. The predicted molar refractivity (Wildman–Crippen MR) is 80.3 cm³/mol. The van der Waals surface area contributed by atoms with Crippen LogP contribution in [-0.4, -0.2) is 29.2 Å². The maximum atomic E-state index is 12.0. The van der Waals surface area contributed by atoms with Gasteiger partial charge in [-0.3, -0.25) is 4.79 Å². The van der Waals surface area contributed by atoms with Crippen molar-refractivity contribution in [1.82, 2.24) is 5.32 Å². The van der Waals surface area contributed by atoms with Gasteiger partial charge in [-0.1, -0.05) is 27.2 Å². The first-order valence-corrected chi connectivity index (χ1v) is 7.00. The van der Waals surface area contributed by atoms with Crippen molar-refractivity contribution >= 4 is 18.3 Å². The first-order valence-electron chi connectivity index (χ1n) is 7.00. The molecule has 2 unspecified atom stereocenters. The van der Waals surface area contributed by atoms with E-state index >= 15 is 0 Å². The minimum absolute atomic E-state index is 0. The van der Waals surface area contributed by atoms with Crippen LogP contribution in [0.4, 0.5) is 0 Å². The van der Waals surface area contributed by atoms with Crippen molar-refractivity contribution in [1.29, 1.82) is 0 Å². The molecule has 1 amide bonds. The van der Waals surface area contributed by atoms with E-state index in [1.165, 1.54) is 0 Å². The lowest BCUT2D eigenvalue weighted by Gasteiger charge is -2.28. The summed E-state index contributed by atoms with van der Waals surface area (Å²) in [6.07, 6.45) is 3.20. The molecule has 1 rings (SSSR count). The van der Waals surface area contributed by atoms with Gasteiger partial charge in [-0.25, -0.2) is 0 Å². The fourth-order valence-electron chi connectivity index (χ4n) is 2.54. The van der Waals surface area contributed by atoms with Crippen LogP contribution < -0.4 is 11.1 Å². The average Bonchev–Trinajstić information content (AvgIpc) is 3.05. The summed E-state index contributed by atoms with van der Waals surface area (Å²) in [7, 11) is 0. The standard InChI is InChI=1S/C14H28N2O2.ClH/c1-5-6-13(4,15)12(18)16-9-14(7-8-14)11(17)10(2)3;/h10-11,17H,5-9,15H2,1-4H3,(H,16,18);1H. The maximum absolute atomic E-state index is 12.0. The number of nitrogens with one attached hydrogen (secondary N) is 1. The molecule has 4 nitrogen and oxygen atoms in total. The predicted octanol–water partition coefficient (Wildman–Crippen LogP) is 1.84. The number of rotatable bonds is 7. The van der Waals surface area contributed by atoms with Gasteiger partial charge in [-0.15, -0.1) is 12.4 Å². The van der Waals surface area contributed by atoms with Crippen LogP contribution in [0.1, 0.15) is 53.4 Å². The van der Waals surface area contributed by atoms with Gasteiger partial charge in [-0.05, 0) is 32.1 Å². The molecular weight excluding hydrogens is 264 g/mol. The lowest BCUT2D eigenvalue weighted by Crippen LogP contribution is -2.53. The first kappa shape index (κ1) is 18.7. The van der Waals surface area contributed by atoms with Crippen LogP contribution in [0.15, 0.2) is 0 Å². The number of aliphatic hydroxyl groups is 1. The number of hydrogen-bond donors (Lipinski definition) is 3. The number of nitrogens with two attached hydrogens (primary N) is 1. The smallest absolute Gasteiger partial charge is 0.239 e. The number of carbonyl (C=O) groups excluding carboxylic acids is 1. The van der Waals surface area contributed by atoms with Gasteiger partial charge in [0.1, 0.15) is 0 Å². The van der Waals surface area contributed by atoms with E-state index in [-0.39, 0.29) is 35.8 Å². The zero-order valence-corrected chi connectivity index (χ0v) is 13.3. The van der Waals surface area contributed by atoms with Crippen LogP contribution in [0.25, 0.3) is 0 Å². The lowest BCUT2D eigenvalue weighted by atomic mass is 9.89. The molecule has 0 aliphatic heterocycles. The SMILES string of the molecule is CCCC(C)(N)C(=O)NCC1(C(O)C(C)C)CC1.Cl. The minimum Gasteiger partial charge on any atom is -0.392 e. The molecule has 0 bridgehead atoms. The van der Waals surface area contributed by atoms with Crippen molar-refractivity contribution in [3.63, 3.8) is 0 Å². The number of halogens is 1. The normalized spacial score (nSPS) is 21.2. The maximum Gasteiger partial charge on any atom is 0.239 e. The highest BCUT2D eigenvalue weighted by atomic mass is 35.5. The molecule has 4 N–H and O–H groups in total. The average molecular weight is 293 g/mol. The van der Waals surface area contributed by atoms with Gasteiger partial charge in [0.2, 0.25) is 5.91 Å². The fraction of sp³-hybridized carbons (Fsp3) is 0.929. The lowest BCUT2D eigenvalue weighted by molar-refractivity contribution is -0.126. The molecule has 0 spiro atoms. The number of amides is 1. The van der Waals surface area contributed by atoms with Crippen molar-refractivity contribution in [2.75, 3.05) is 6.54 Å². The third-order valence-corrected chi connectivity index (χ3v) is 4.04. The molecule has 0 aromatic heterocycles. The Balaban J connectivity index is 0.00000324. The summed E-state index contributed by atoms with van der Waals surface area (Å²) < 4.78 is 0. The van der Waals surface area contributed by atoms with Crippen LogP contribution in [0, 0.1) is 11.3 Å². The van der Waals surface area contributed by atoms with Crippen LogP contribution in [-0.2, 0) is 4.79 Å². The summed E-state index contributed by atoms with van der Waals surface area (Å²) in [6.45, 7) is 8.35. The molecular formula is C14H29ClN2O2. The molecule has 0 aromatic rings. The monoisotopic (exact) mass is 292 g/mol. The molecule has 1 aliphatic rings. The Bertz CT molecular complexity index is 302. The van der Waals surface area contributed by atoms with Gasteiger partial charge < -0.3 is 16.2 Å². The molecule has 0 heterocycles. The molecule has 1 aliphatic carbocycles. The van der Waals surface area contributed by atoms with Gasteiger partial charge in [0, 0.05) is 12.0 Å². The second-order valence-electron chi connectivity index (χ2n) is 6.40. The highest BCUT2D eigenvalue weighted by Gasteiger charge is 2.50. The summed E-state index contributed by atoms with van der Waals surface area (Å²) in [6, 6.07) is 0. The molecule has 0 radical (unpaired) electrons. The van der Waals surface area contributed by atoms with Crippen LogP contribution in [0.3, 0.4) is 0 Å². The van der Waals surface area contributed by atoms with Crippen molar-refractivity contribution in [2.24, 2.45) is 17.1 Å². The van der Waals surface area contributed by atoms with E-state index in [4.69, 9.17) is 5.73 Å². The highest BCUT2D eigenvalue weighted by molar-refractivity contribution is 5.85. The molecule has 114 valence electrons. The molecule has 1 fully saturated rings. The Morgan fingerprint density at radius 1 is 1.47 bits per heavy atom. The first-order chi connectivity index (χ1) is 8.25. The fourth-order valence-corrected chi connectivity index (χ4v) is 2.54. The molecule has 5 heteroatoms. The Morgan fingerprint density at radius 3 is 2.37 bits per heavy atom. The van der Waals surface area contributed by atoms with E-state index in [2.05, 4.69) is 5.32 Å². The van der Waals surface area contributed by atoms with Crippen LogP contribution in [0.2, 0.25) is 0 Å². The van der Waals surface area contributed by atoms with Crippen molar-refractivity contribution < 1.29 is 9.90 Å². The molecule has 2 atom stereocenters. The van der Waals surface area contributed by atoms with E-state index < -0.39 is 5.54 Å². The van der Waals surface area contributed by atoms with Crippen molar-refractivity contribution in [3.8, 4) is 0 Å². The van der Waals surface area contributed by atoms with Gasteiger partial charge >= 0.3 is 0 Å². The number of carbonyl (C=O) groups is 1. The Kier molecular flexibility index (Phi) is 6.79. The minimum atomic E-state index is -0.798. The molecule has 0 saturated heterocycles. The number of hydrogen-bond acceptors (Lipinski definition) is 3. The van der Waals surface area contributed by atoms with E-state index in [1.807, 2.05) is 20.8 Å². The van der Waals surface area contributed by atoms with E-state index in [9.17, 15) is 9.90 Å². The van der Waals surface area contributed by atoms with Gasteiger partial charge in [0.25, 0.3) is 0 Å². The largest absolute Gasteiger partial charge is 0.392 e. The van der Waals surface area contributed by atoms with Crippen molar-refractivity contribution in [3.05, 3.63) is 0 Å². The molecule has 19 heavy (non-hydrogen) atoms. The Morgan fingerprint density at radius 2 is 2.00 bits per heavy atom. The molecule has 1 saturated carbocycles. The third-order valence-electron chi connectivity index (χ3n) is 4.04. The summed E-state index contributed by atoms with van der Waals surface area (Å²) in [5.74, 6) is 0.121. The van der Waals surface area contributed by atoms with Crippen molar-refractivity contribution in [2.45, 2.75) is 65.0 Å². The zero-order valence-electron chi connectivity index (χ0n) is 12.5. The second kappa shape index (κ2) is 6.91. The van der Waals surface area contributed by atoms with Crippen LogP contribution >= 0.6 is 12.4 Å². The quantitative estimate of drug-likeness (QED) is 0.670. The Labute approximate surface area is 122 Å². The van der Waals surface area contributed by atoms with E-state index in [1.54, 1.807) is 6.92 Å². The summed E-state index contributed by atoms with van der Waals surface area (Å²) in [5.41, 5.74) is 5.08. The van der Waals surface area contributed by atoms with E-state index in [0.717, 1.165) is 19.3 Å². The zero-order chi connectivity index (χ0) is 14.0. The van der Waals surface area contributed by atoms with Gasteiger partial charge in [-0.2, -0.15) is 0 Å². The van der Waals surface area contributed by atoms with Crippen LogP contribution in [0.5, 0.6) is 0 Å².